The summed E-state index contributed by atoms with van der Waals surface area (Å²) < 4.78 is 0. The summed E-state index contributed by atoms with van der Waals surface area (Å²) in [5.41, 5.74) is 6.04. The maximum Gasteiger partial charge on any atom is 0.185 e. The fraction of sp³-hybridized carbons (Fsp3) is 0.440. The summed E-state index contributed by atoms with van der Waals surface area (Å²) >= 11 is 0. The van der Waals surface area contributed by atoms with Gasteiger partial charge in [0.2, 0.25) is 0 Å². The van der Waals surface area contributed by atoms with E-state index in [2.05, 4.69) is 4.99 Å². The average molecular weight is 408 g/mol. The third-order valence-corrected chi connectivity index (χ3v) is 6.09. The van der Waals surface area contributed by atoms with E-state index in [1.54, 1.807) is 20.8 Å². The van der Waals surface area contributed by atoms with Crippen LogP contribution >= 0.6 is 0 Å². The Balaban J connectivity index is 1.57. The first-order valence-electron chi connectivity index (χ1n) is 10.6. The van der Waals surface area contributed by atoms with E-state index >= 15 is 0 Å². The van der Waals surface area contributed by atoms with Crippen molar-refractivity contribution >= 4 is 28.7 Å². The lowest BCUT2D eigenvalue weighted by Crippen LogP contribution is -2.20. The Hall–Kier alpha value is -2.66. The Kier molecular flexibility index (Phi) is 6.93. The van der Waals surface area contributed by atoms with Gasteiger partial charge in [-0.1, -0.05) is 0 Å². The monoisotopic (exact) mass is 407 g/mol. The van der Waals surface area contributed by atoms with Crippen molar-refractivity contribution in [1.82, 2.24) is 0 Å². The molecule has 5 nitrogen and oxygen atoms in total. The summed E-state index contributed by atoms with van der Waals surface area (Å²) in [7, 11) is 0. The molecule has 5 heteroatoms. The largest absolute Gasteiger partial charge is 0.396 e. The Morgan fingerprint density at radius 2 is 1.70 bits per heavy atom. The topological polar surface area (TPSA) is 83.8 Å². The molecule has 0 fully saturated rings. The molecule has 0 bridgehead atoms. The zero-order chi connectivity index (χ0) is 21.8. The number of carbonyl (C=O) groups excluding carboxylic acids is 3. The molecule has 1 N–H and O–H groups in total. The number of nitrogens with zero attached hydrogens (tertiary/aromatic N) is 1. The molecule has 0 saturated heterocycles. The van der Waals surface area contributed by atoms with Crippen molar-refractivity contribution in [3.05, 3.63) is 51.6 Å². The van der Waals surface area contributed by atoms with Crippen LogP contribution in [0.1, 0.15) is 75.2 Å². The highest BCUT2D eigenvalue weighted by Crippen LogP contribution is 2.31. The molecule has 0 saturated carbocycles. The zero-order valence-corrected chi connectivity index (χ0v) is 18.0. The maximum atomic E-state index is 12.5. The lowest BCUT2D eigenvalue weighted by atomic mass is 9.84. The van der Waals surface area contributed by atoms with Gasteiger partial charge in [0.05, 0.1) is 5.69 Å². The second-order valence-electron chi connectivity index (χ2n) is 8.17. The summed E-state index contributed by atoms with van der Waals surface area (Å²) in [5.74, 6) is 0.0656. The van der Waals surface area contributed by atoms with Crippen LogP contribution in [0.15, 0.2) is 45.5 Å². The molecule has 158 valence electrons. The lowest BCUT2D eigenvalue weighted by Gasteiger charge is -2.18. The minimum atomic E-state index is -0.0242. The third kappa shape index (κ3) is 4.57. The molecule has 3 rings (SSSR count). The first kappa shape index (κ1) is 22.0. The second kappa shape index (κ2) is 9.43. The molecule has 1 heterocycles. The van der Waals surface area contributed by atoms with Crippen LogP contribution in [0, 0.1) is 0 Å². The number of Topliss-reactive ketones (excluding diaryl/α,β-unsaturated/α-hetero) is 3. The number of unbranched alkanes of at least 4 members (excludes halogenated alkanes) is 1. The Labute approximate surface area is 177 Å². The smallest absolute Gasteiger partial charge is 0.185 e. The van der Waals surface area contributed by atoms with E-state index in [1.807, 2.05) is 18.2 Å². The number of hydrogen-bond acceptors (Lipinski definition) is 5. The predicted octanol–water partition coefficient (Wildman–Crippen LogP) is 4.64. The van der Waals surface area contributed by atoms with Gasteiger partial charge in [0.25, 0.3) is 0 Å². The van der Waals surface area contributed by atoms with E-state index in [0.29, 0.717) is 53.5 Å². The molecule has 30 heavy (non-hydrogen) atoms. The molecule has 1 aliphatic carbocycles. The van der Waals surface area contributed by atoms with Gasteiger partial charge in [-0.2, -0.15) is 0 Å². The van der Waals surface area contributed by atoms with E-state index in [4.69, 9.17) is 5.11 Å². The van der Waals surface area contributed by atoms with Gasteiger partial charge in [0, 0.05) is 53.0 Å². The van der Waals surface area contributed by atoms with Crippen molar-refractivity contribution in [3.8, 4) is 0 Å². The van der Waals surface area contributed by atoms with Gasteiger partial charge in [0.1, 0.15) is 0 Å². The summed E-state index contributed by atoms with van der Waals surface area (Å²) in [5, 5.41) is 8.86. The minimum absolute atomic E-state index is 0.00870. The molecule has 0 unspecified atom stereocenters. The fourth-order valence-corrected chi connectivity index (χ4v) is 4.05. The molecule has 0 radical (unpaired) electrons. The van der Waals surface area contributed by atoms with Gasteiger partial charge in [-0.3, -0.25) is 19.4 Å². The van der Waals surface area contributed by atoms with Crippen LogP contribution in [0.25, 0.3) is 0 Å². The minimum Gasteiger partial charge on any atom is -0.396 e. The highest BCUT2D eigenvalue weighted by atomic mass is 16.3. The Bertz CT molecular complexity index is 994. The van der Waals surface area contributed by atoms with Crippen LogP contribution < -0.4 is 0 Å². The van der Waals surface area contributed by atoms with Crippen LogP contribution in [0.5, 0.6) is 0 Å². The number of allylic oxidation sites excluding steroid dienone is 4. The van der Waals surface area contributed by atoms with E-state index in [1.165, 1.54) is 0 Å². The van der Waals surface area contributed by atoms with Crippen LogP contribution in [0.2, 0.25) is 0 Å². The first-order chi connectivity index (χ1) is 14.3. The number of benzene rings is 1. The van der Waals surface area contributed by atoms with Gasteiger partial charge in [-0.05, 0) is 76.6 Å². The van der Waals surface area contributed by atoms with E-state index in [0.717, 1.165) is 36.2 Å². The van der Waals surface area contributed by atoms with Crippen molar-refractivity contribution in [2.75, 3.05) is 6.61 Å². The van der Waals surface area contributed by atoms with Gasteiger partial charge < -0.3 is 5.11 Å². The number of aliphatic hydroxyl groups is 1. The summed E-state index contributed by atoms with van der Waals surface area (Å²) in [6.07, 6.45) is 4.59. The van der Waals surface area contributed by atoms with Crippen molar-refractivity contribution in [1.29, 1.82) is 0 Å². The molecule has 1 aromatic carbocycles. The van der Waals surface area contributed by atoms with Crippen LogP contribution in [0.3, 0.4) is 0 Å². The number of fused-ring (bicyclic) bond motifs is 1. The Morgan fingerprint density at radius 1 is 0.967 bits per heavy atom. The SMILES string of the molecule is CC1=C(C)C(=O)C(CCCC2=Nc3ccc(C(=O)CCCCO)cc3C2)=C(C)C1=O. The predicted molar refractivity (Wildman–Crippen MR) is 117 cm³/mol. The standard InChI is InChI=1S/C25H29NO4/c1-15-16(2)25(30)21(17(3)24(15)29)8-6-7-20-14-19-13-18(10-11-22(19)26-20)23(28)9-4-5-12-27/h10-11,13,27H,4-9,12,14H2,1-3H3. The molecule has 0 aromatic heterocycles. The number of hydrogen-bond donors (Lipinski definition) is 1. The number of carbonyl (C=O) groups is 3. The van der Waals surface area contributed by atoms with Gasteiger partial charge in [-0.15, -0.1) is 0 Å². The summed E-state index contributed by atoms with van der Waals surface area (Å²) in [6, 6.07) is 5.65. The molecule has 1 aromatic rings. The van der Waals surface area contributed by atoms with Crippen LogP contribution in [0.4, 0.5) is 5.69 Å². The zero-order valence-electron chi connectivity index (χ0n) is 18.0. The van der Waals surface area contributed by atoms with Gasteiger partial charge in [-0.25, -0.2) is 0 Å². The third-order valence-electron chi connectivity index (χ3n) is 6.09. The molecule has 1 aliphatic heterocycles. The fourth-order valence-electron chi connectivity index (χ4n) is 4.05. The van der Waals surface area contributed by atoms with Gasteiger partial charge >= 0.3 is 0 Å². The quantitative estimate of drug-likeness (QED) is 0.367. The number of aliphatic imine (C=N–C) groups is 1. The molecule has 0 atom stereocenters. The maximum absolute atomic E-state index is 12.5. The molecule has 2 aliphatic rings. The summed E-state index contributed by atoms with van der Waals surface area (Å²) in [6.45, 7) is 5.29. The average Bonchev–Trinajstić information content (AvgIpc) is 3.15. The van der Waals surface area contributed by atoms with E-state index in [9.17, 15) is 14.4 Å². The normalized spacial score (nSPS) is 16.3. The van der Waals surface area contributed by atoms with E-state index in [-0.39, 0.29) is 24.0 Å². The van der Waals surface area contributed by atoms with Gasteiger partial charge in [0.15, 0.2) is 17.3 Å². The van der Waals surface area contributed by atoms with Crippen LogP contribution in [-0.4, -0.2) is 34.8 Å². The second-order valence-corrected chi connectivity index (χ2v) is 8.17. The number of ketones is 3. The van der Waals surface area contributed by atoms with Crippen molar-refractivity contribution in [3.63, 3.8) is 0 Å². The first-order valence-corrected chi connectivity index (χ1v) is 10.6. The summed E-state index contributed by atoms with van der Waals surface area (Å²) in [4.78, 5) is 41.8. The van der Waals surface area contributed by atoms with Crippen molar-refractivity contribution < 1.29 is 19.5 Å². The lowest BCUT2D eigenvalue weighted by molar-refractivity contribution is -0.116. The van der Waals surface area contributed by atoms with E-state index < -0.39 is 0 Å². The molecular weight excluding hydrogens is 378 g/mol. The van der Waals surface area contributed by atoms with Crippen LogP contribution in [-0.2, 0) is 16.0 Å². The number of rotatable bonds is 9. The molecular formula is C25H29NO4. The number of aliphatic hydroxyl groups excluding tert-OH is 1. The molecule has 0 amide bonds. The van der Waals surface area contributed by atoms with Crippen molar-refractivity contribution in [2.45, 2.75) is 65.7 Å². The highest BCUT2D eigenvalue weighted by molar-refractivity contribution is 6.24. The Morgan fingerprint density at radius 3 is 2.43 bits per heavy atom. The van der Waals surface area contributed by atoms with Crippen molar-refractivity contribution in [2.24, 2.45) is 4.99 Å². The molecule has 0 spiro atoms. The highest BCUT2D eigenvalue weighted by Gasteiger charge is 2.27.